The van der Waals surface area contributed by atoms with Crippen LogP contribution in [0.4, 0.5) is 17.1 Å². The minimum atomic E-state index is -1.89. The first kappa shape index (κ1) is 30.1. The van der Waals surface area contributed by atoms with Gasteiger partial charge in [-0.15, -0.1) is 0 Å². The molecule has 6 rings (SSSR count). The van der Waals surface area contributed by atoms with Crippen molar-refractivity contribution in [1.82, 2.24) is 4.90 Å². The molecule has 0 aliphatic carbocycles. The number of anilines is 3. The number of hydrogen-bond donors (Lipinski definition) is 2. The smallest absolute Gasteiger partial charge is 0.264 e. The van der Waals surface area contributed by atoms with Crippen LogP contribution < -0.4 is 9.80 Å². The lowest BCUT2D eigenvalue weighted by molar-refractivity contribution is -0.139. The topological polar surface area (TPSA) is 101 Å². The SMILES string of the molecule is C[C@@H](/C=C/CC(=O)N1CCC[C@H]1CO)[C@]1(O)C(=O)N(Cc2cccc(N3C(=O)CCc4ccccc43)c2)c2ccc(Cl)cc21. The molecule has 0 aromatic heterocycles. The first-order valence-electron chi connectivity index (χ1n) is 15.1. The summed E-state index contributed by atoms with van der Waals surface area (Å²) in [4.78, 5) is 44.9. The number of rotatable bonds is 8. The highest BCUT2D eigenvalue weighted by atomic mass is 35.5. The van der Waals surface area contributed by atoms with E-state index in [1.54, 1.807) is 52.0 Å². The number of benzene rings is 3. The molecule has 9 heteroatoms. The molecule has 3 aromatic rings. The van der Waals surface area contributed by atoms with Gasteiger partial charge < -0.3 is 20.0 Å². The van der Waals surface area contributed by atoms with Crippen molar-refractivity contribution < 1.29 is 24.6 Å². The van der Waals surface area contributed by atoms with Crippen molar-refractivity contribution in [2.75, 3.05) is 23.0 Å². The Morgan fingerprint density at radius 2 is 1.89 bits per heavy atom. The van der Waals surface area contributed by atoms with Crippen LogP contribution >= 0.6 is 11.6 Å². The summed E-state index contributed by atoms with van der Waals surface area (Å²) in [6.45, 7) is 2.49. The Balaban J connectivity index is 1.25. The third-order valence-electron chi connectivity index (χ3n) is 9.12. The molecule has 1 saturated heterocycles. The summed E-state index contributed by atoms with van der Waals surface area (Å²) in [6, 6.07) is 20.3. The van der Waals surface area contributed by atoms with E-state index in [2.05, 4.69) is 0 Å². The fraction of sp³-hybridized carbons (Fsp3) is 0.343. The first-order valence-corrected chi connectivity index (χ1v) is 15.5. The summed E-state index contributed by atoms with van der Waals surface area (Å²) in [5.74, 6) is -1.22. The summed E-state index contributed by atoms with van der Waals surface area (Å²) in [6.07, 6.45) is 6.28. The van der Waals surface area contributed by atoms with Gasteiger partial charge in [-0.2, -0.15) is 0 Å². The van der Waals surface area contributed by atoms with Gasteiger partial charge in [0.25, 0.3) is 5.91 Å². The number of fused-ring (bicyclic) bond motifs is 2. The van der Waals surface area contributed by atoms with Gasteiger partial charge >= 0.3 is 0 Å². The van der Waals surface area contributed by atoms with Gasteiger partial charge in [0, 0.05) is 41.6 Å². The Labute approximate surface area is 262 Å². The number of aliphatic hydroxyl groups excluding tert-OH is 1. The van der Waals surface area contributed by atoms with E-state index in [4.69, 9.17) is 11.6 Å². The molecule has 3 amide bonds. The molecule has 0 spiro atoms. The summed E-state index contributed by atoms with van der Waals surface area (Å²) in [7, 11) is 0. The van der Waals surface area contributed by atoms with Crippen LogP contribution in [0.15, 0.2) is 78.9 Å². The Morgan fingerprint density at radius 3 is 2.70 bits per heavy atom. The van der Waals surface area contributed by atoms with Gasteiger partial charge in [0.2, 0.25) is 11.8 Å². The van der Waals surface area contributed by atoms with Crippen LogP contribution in [0.5, 0.6) is 0 Å². The van der Waals surface area contributed by atoms with Crippen LogP contribution in [0.25, 0.3) is 0 Å². The zero-order valence-electron chi connectivity index (χ0n) is 24.7. The van der Waals surface area contributed by atoms with Crippen molar-refractivity contribution in [2.24, 2.45) is 5.92 Å². The van der Waals surface area contributed by atoms with E-state index in [9.17, 15) is 24.6 Å². The molecule has 2 N–H and O–H groups in total. The number of likely N-dealkylation sites (tertiary alicyclic amines) is 1. The molecule has 0 saturated carbocycles. The minimum Gasteiger partial charge on any atom is -0.394 e. The molecule has 3 heterocycles. The summed E-state index contributed by atoms with van der Waals surface area (Å²) < 4.78 is 0. The molecular formula is C35H36ClN3O5. The number of aryl methyl sites for hydroxylation is 1. The molecular weight excluding hydrogens is 578 g/mol. The number of para-hydroxylation sites is 1. The third-order valence-corrected chi connectivity index (χ3v) is 9.35. The second-order valence-electron chi connectivity index (χ2n) is 11.8. The Kier molecular flexibility index (Phi) is 8.33. The highest BCUT2D eigenvalue weighted by Gasteiger charge is 2.52. The monoisotopic (exact) mass is 613 g/mol. The highest BCUT2D eigenvalue weighted by molar-refractivity contribution is 6.31. The Morgan fingerprint density at radius 1 is 1.07 bits per heavy atom. The van der Waals surface area contributed by atoms with Gasteiger partial charge in [0.1, 0.15) is 0 Å². The predicted octanol–water partition coefficient (Wildman–Crippen LogP) is 5.25. The number of amides is 3. The number of carbonyl (C=O) groups is 3. The molecule has 1 fully saturated rings. The quantitative estimate of drug-likeness (QED) is 0.338. The highest BCUT2D eigenvalue weighted by Crippen LogP contribution is 2.47. The largest absolute Gasteiger partial charge is 0.394 e. The van der Waals surface area contributed by atoms with E-state index < -0.39 is 17.4 Å². The lowest BCUT2D eigenvalue weighted by Gasteiger charge is -2.30. The van der Waals surface area contributed by atoms with Crippen LogP contribution in [0.2, 0.25) is 5.02 Å². The second-order valence-corrected chi connectivity index (χ2v) is 12.3. The molecule has 3 aliphatic heterocycles. The maximum Gasteiger partial charge on any atom is 0.264 e. The Hall–Kier alpha value is -3.98. The van der Waals surface area contributed by atoms with Crippen molar-refractivity contribution in [3.8, 4) is 0 Å². The number of aliphatic hydroxyl groups is 2. The zero-order valence-corrected chi connectivity index (χ0v) is 25.4. The molecule has 0 unspecified atom stereocenters. The lowest BCUT2D eigenvalue weighted by atomic mass is 9.83. The van der Waals surface area contributed by atoms with Crippen molar-refractivity contribution in [3.05, 3.63) is 101 Å². The van der Waals surface area contributed by atoms with E-state index in [1.807, 2.05) is 48.5 Å². The van der Waals surface area contributed by atoms with E-state index >= 15 is 0 Å². The molecule has 3 atom stereocenters. The summed E-state index contributed by atoms with van der Waals surface area (Å²) in [5.41, 5.74) is 2.58. The maximum atomic E-state index is 14.1. The van der Waals surface area contributed by atoms with Gasteiger partial charge in [-0.1, -0.05) is 61.0 Å². The number of nitrogens with zero attached hydrogens (tertiary/aromatic N) is 3. The molecule has 8 nitrogen and oxygen atoms in total. The van der Waals surface area contributed by atoms with Gasteiger partial charge in [-0.05, 0) is 66.8 Å². The van der Waals surface area contributed by atoms with Gasteiger partial charge in [-0.25, -0.2) is 0 Å². The fourth-order valence-electron chi connectivity index (χ4n) is 6.75. The normalized spacial score (nSPS) is 22.1. The van der Waals surface area contributed by atoms with E-state index in [1.165, 1.54) is 0 Å². The predicted molar refractivity (Wildman–Crippen MR) is 170 cm³/mol. The van der Waals surface area contributed by atoms with Crippen LogP contribution in [-0.2, 0) is 33.0 Å². The lowest BCUT2D eigenvalue weighted by Crippen LogP contribution is -2.44. The number of hydrogen-bond acceptors (Lipinski definition) is 5. The molecule has 0 bridgehead atoms. The minimum absolute atomic E-state index is 0.0168. The fourth-order valence-corrected chi connectivity index (χ4v) is 6.92. The Bertz CT molecular complexity index is 1640. The van der Waals surface area contributed by atoms with E-state index in [0.717, 1.165) is 35.3 Å². The van der Waals surface area contributed by atoms with Crippen molar-refractivity contribution in [2.45, 2.75) is 57.2 Å². The average molecular weight is 614 g/mol. The van der Waals surface area contributed by atoms with Crippen molar-refractivity contribution >= 4 is 46.4 Å². The van der Waals surface area contributed by atoms with Gasteiger partial charge in [0.05, 0.1) is 30.6 Å². The first-order chi connectivity index (χ1) is 21.2. The number of carbonyl (C=O) groups excluding carboxylic acids is 3. The molecule has 0 radical (unpaired) electrons. The van der Waals surface area contributed by atoms with Crippen LogP contribution in [0.1, 0.15) is 49.3 Å². The molecule has 228 valence electrons. The summed E-state index contributed by atoms with van der Waals surface area (Å²) >= 11 is 6.35. The van der Waals surface area contributed by atoms with Crippen molar-refractivity contribution in [1.29, 1.82) is 0 Å². The molecule has 44 heavy (non-hydrogen) atoms. The van der Waals surface area contributed by atoms with E-state index in [-0.39, 0.29) is 37.4 Å². The third kappa shape index (κ3) is 5.31. The zero-order chi connectivity index (χ0) is 31.0. The van der Waals surface area contributed by atoms with Crippen LogP contribution in [-0.4, -0.2) is 52.0 Å². The van der Waals surface area contributed by atoms with Crippen LogP contribution in [0.3, 0.4) is 0 Å². The number of halogens is 1. The molecule has 3 aromatic carbocycles. The van der Waals surface area contributed by atoms with Gasteiger partial charge in [-0.3, -0.25) is 19.3 Å². The molecule has 3 aliphatic rings. The van der Waals surface area contributed by atoms with Gasteiger partial charge in [0.15, 0.2) is 5.60 Å². The standard InChI is InChI=1S/C35H36ClN3O5/c1-23(7-4-13-32(41)37-18-6-11-28(37)22-40)35(44)29-20-26(36)15-16-31(29)38(34(35)43)21-24-8-5-10-27(19-24)39-30-12-3-2-9-25(30)14-17-33(39)42/h2-5,7-10,12,15-16,19-20,23,28,40,44H,6,11,13-14,17-18,21-22H2,1H3/b7-4+/t23-,28-,35+/m0/s1. The van der Waals surface area contributed by atoms with Crippen molar-refractivity contribution in [3.63, 3.8) is 0 Å². The average Bonchev–Trinajstić information content (AvgIpc) is 3.59. The second kappa shape index (κ2) is 12.2. The summed E-state index contributed by atoms with van der Waals surface area (Å²) in [5, 5.41) is 22.0. The maximum absolute atomic E-state index is 14.1. The van der Waals surface area contributed by atoms with E-state index in [0.29, 0.717) is 35.7 Å². The van der Waals surface area contributed by atoms with Crippen LogP contribution in [0, 0.1) is 5.92 Å².